The van der Waals surface area contributed by atoms with Crippen LogP contribution in [0.15, 0.2) is 47.6 Å². The van der Waals surface area contributed by atoms with Gasteiger partial charge in [0.2, 0.25) is 0 Å². The van der Waals surface area contributed by atoms with Crippen molar-refractivity contribution in [2.45, 2.75) is 162 Å². The van der Waals surface area contributed by atoms with E-state index in [1.807, 2.05) is 6.08 Å². The second-order valence-corrected chi connectivity index (χ2v) is 27.8. The molecule has 4 fully saturated rings. The fraction of sp³-hybridized carbons (Fsp3) is 0.769. The van der Waals surface area contributed by atoms with Crippen LogP contribution in [0.4, 0.5) is 0 Å². The quantitative estimate of drug-likeness (QED) is 0.186. The van der Waals surface area contributed by atoms with Gasteiger partial charge in [-0.2, -0.15) is 0 Å². The maximum Gasteiger partial charge on any atom is 0.192 e. The van der Waals surface area contributed by atoms with Crippen LogP contribution >= 0.6 is 0 Å². The predicted octanol–water partition coefficient (Wildman–Crippen LogP) is 11.4. The molecule has 0 spiro atoms. The fourth-order valence-electron chi connectivity index (χ4n) is 7.79. The average molecular weight is 639 g/mol. The molecule has 0 radical (unpaired) electrons. The van der Waals surface area contributed by atoms with Crippen LogP contribution in [0.25, 0.3) is 0 Å². The first-order chi connectivity index (χ1) is 20.2. The zero-order chi connectivity index (χ0) is 32.9. The first-order valence-electron chi connectivity index (χ1n) is 17.8. The highest BCUT2D eigenvalue weighted by Crippen LogP contribution is 2.59. The Kier molecular flexibility index (Phi) is 10.5. The monoisotopic (exact) mass is 638 g/mol. The maximum atomic E-state index is 12.4. The Morgan fingerprint density at radius 2 is 1.57 bits per heavy atom. The van der Waals surface area contributed by atoms with Gasteiger partial charge >= 0.3 is 0 Å². The summed E-state index contributed by atoms with van der Waals surface area (Å²) in [5, 5.41) is 0.321. The van der Waals surface area contributed by atoms with Crippen molar-refractivity contribution in [2.24, 2.45) is 29.1 Å². The second kappa shape index (κ2) is 12.9. The predicted molar refractivity (Wildman–Crippen MR) is 193 cm³/mol. The van der Waals surface area contributed by atoms with Crippen LogP contribution in [0.1, 0.15) is 113 Å². The molecule has 4 aliphatic carbocycles. The minimum absolute atomic E-state index is 0.0162. The van der Waals surface area contributed by atoms with E-state index >= 15 is 0 Å². The largest absolute Gasteiger partial charge is 0.413 e. The van der Waals surface area contributed by atoms with Gasteiger partial charge in [-0.3, -0.25) is 4.79 Å². The number of ketones is 1. The van der Waals surface area contributed by atoms with Gasteiger partial charge in [0.15, 0.2) is 22.4 Å². The zero-order valence-electron chi connectivity index (χ0n) is 30.6. The van der Waals surface area contributed by atoms with Gasteiger partial charge in [-0.25, -0.2) is 0 Å². The third kappa shape index (κ3) is 7.74. The van der Waals surface area contributed by atoms with Crippen molar-refractivity contribution in [3.8, 4) is 0 Å². The van der Waals surface area contributed by atoms with E-state index in [1.54, 1.807) is 5.57 Å². The maximum absolute atomic E-state index is 12.4. The molecule has 0 unspecified atom stereocenters. The van der Waals surface area contributed by atoms with Gasteiger partial charge in [-0.1, -0.05) is 85.8 Å². The normalized spacial score (nSPS) is 33.3. The van der Waals surface area contributed by atoms with E-state index in [4.69, 9.17) is 8.85 Å². The molecule has 0 aliphatic heterocycles. The third-order valence-corrected chi connectivity index (χ3v) is 22.0. The Hall–Kier alpha value is -1.02. The van der Waals surface area contributed by atoms with E-state index < -0.39 is 16.6 Å². The van der Waals surface area contributed by atoms with Gasteiger partial charge in [0, 0.05) is 12.3 Å². The van der Waals surface area contributed by atoms with Crippen LogP contribution in [-0.4, -0.2) is 34.6 Å². The van der Waals surface area contributed by atoms with Crippen molar-refractivity contribution in [1.29, 1.82) is 0 Å². The van der Waals surface area contributed by atoms with E-state index in [2.05, 4.69) is 106 Å². The highest BCUT2D eigenvalue weighted by molar-refractivity contribution is 6.74. The molecule has 4 rings (SSSR count). The summed E-state index contributed by atoms with van der Waals surface area (Å²) in [7, 11) is -3.91. The molecular formula is C39H66O3Si2. The molecule has 0 aromatic rings. The van der Waals surface area contributed by atoms with Gasteiger partial charge < -0.3 is 8.85 Å². The van der Waals surface area contributed by atoms with Gasteiger partial charge in [0.25, 0.3) is 0 Å². The number of fused-ring (bicyclic) bond motifs is 1. The zero-order valence-corrected chi connectivity index (χ0v) is 32.6. The Morgan fingerprint density at radius 1 is 0.955 bits per heavy atom. The van der Waals surface area contributed by atoms with Crippen LogP contribution in [0.3, 0.4) is 0 Å². The lowest BCUT2D eigenvalue weighted by molar-refractivity contribution is -0.115. The average Bonchev–Trinajstić information content (AvgIpc) is 3.68. The minimum atomic E-state index is -1.98. The van der Waals surface area contributed by atoms with Crippen LogP contribution in [0, 0.1) is 29.1 Å². The number of carbonyl (C=O) groups is 1. The number of allylic oxidation sites excluding steroid dienone is 5. The lowest BCUT2D eigenvalue weighted by atomic mass is 9.61. The van der Waals surface area contributed by atoms with E-state index in [9.17, 15) is 4.79 Å². The number of hydrogen-bond acceptors (Lipinski definition) is 3. The summed E-state index contributed by atoms with van der Waals surface area (Å²) in [5.41, 5.74) is 4.43. The summed E-state index contributed by atoms with van der Waals surface area (Å²) < 4.78 is 14.1. The molecule has 0 aromatic heterocycles. The molecule has 3 nitrogen and oxygen atoms in total. The molecule has 0 N–H and O–H groups in total. The van der Waals surface area contributed by atoms with Crippen molar-refractivity contribution >= 4 is 22.4 Å². The molecule has 0 aromatic carbocycles. The summed E-state index contributed by atoms with van der Waals surface area (Å²) >= 11 is 0. The van der Waals surface area contributed by atoms with Gasteiger partial charge in [0.05, 0.1) is 12.2 Å². The molecule has 248 valence electrons. The first-order valence-corrected chi connectivity index (χ1v) is 23.6. The minimum Gasteiger partial charge on any atom is -0.413 e. The Labute approximate surface area is 273 Å². The molecular weight excluding hydrogens is 573 g/mol. The molecule has 0 saturated heterocycles. The van der Waals surface area contributed by atoms with Crippen molar-refractivity contribution in [2.75, 3.05) is 0 Å². The van der Waals surface area contributed by atoms with E-state index in [-0.39, 0.29) is 22.3 Å². The summed E-state index contributed by atoms with van der Waals surface area (Å²) in [5.74, 6) is 2.39. The van der Waals surface area contributed by atoms with Crippen molar-refractivity contribution < 1.29 is 13.6 Å². The summed E-state index contributed by atoms with van der Waals surface area (Å²) in [6.45, 7) is 33.0. The first kappa shape index (κ1) is 35.8. The molecule has 0 amide bonds. The lowest BCUT2D eigenvalue weighted by Gasteiger charge is -2.45. The second-order valence-electron chi connectivity index (χ2n) is 18.3. The molecule has 0 bridgehead atoms. The number of hydrogen-bond donors (Lipinski definition) is 0. The Bertz CT molecular complexity index is 1170. The Morgan fingerprint density at radius 3 is 2.16 bits per heavy atom. The molecule has 0 heterocycles. The van der Waals surface area contributed by atoms with Crippen molar-refractivity contribution in [3.63, 3.8) is 0 Å². The standard InChI is InChI=1S/C39H66O3Si2/c1-27(16-23-35(40)30-18-19-30)33-21-22-34-29(15-14-24-39(33,34)9)17-20-31-25-32(41-43(10,11)37(3,4)5)26-36(28(31)2)42-44(12,13)38(6,7)8/h16-17,20,23,27,30,32-34,36H,2,14-15,18-19,21-22,24-26H2,1,3-13H3/b23-16+,29-17?,31-20+/t27-,32-,33-,34+,36+,39-/m1/s1. The summed E-state index contributed by atoms with van der Waals surface area (Å²) in [6.07, 6.45) is 19.5. The Balaban J connectivity index is 1.58. The smallest absolute Gasteiger partial charge is 0.192 e. The molecule has 4 aliphatic rings. The van der Waals surface area contributed by atoms with Gasteiger partial charge in [-0.15, -0.1) is 0 Å². The van der Waals surface area contributed by atoms with Crippen molar-refractivity contribution in [1.82, 2.24) is 0 Å². The summed E-state index contributed by atoms with van der Waals surface area (Å²) in [6, 6.07) is 0. The fourth-order valence-corrected chi connectivity index (χ4v) is 10.5. The molecule has 5 heteroatoms. The molecule has 44 heavy (non-hydrogen) atoms. The van der Waals surface area contributed by atoms with Gasteiger partial charge in [-0.05, 0) is 128 Å². The molecule has 4 saturated carbocycles. The van der Waals surface area contributed by atoms with E-state index in [1.165, 1.54) is 43.3 Å². The number of carbonyl (C=O) groups excluding carboxylic acids is 1. The molecule has 6 atom stereocenters. The summed E-state index contributed by atoms with van der Waals surface area (Å²) in [4.78, 5) is 12.4. The lowest BCUT2D eigenvalue weighted by Crippen LogP contribution is -2.49. The van der Waals surface area contributed by atoms with E-state index in [0.717, 1.165) is 25.7 Å². The topological polar surface area (TPSA) is 35.5 Å². The van der Waals surface area contributed by atoms with Crippen LogP contribution in [0.5, 0.6) is 0 Å². The van der Waals surface area contributed by atoms with Crippen molar-refractivity contribution in [3.05, 3.63) is 47.6 Å². The SMILES string of the molecule is C=C1/C(=C/C=C2CCC[C@]3(C)[C@@H]([C@H](C)/C=C/C(=O)C4CC4)CC[C@@H]23)C[C@@H](O[Si](C)(C)C(C)(C)C)C[C@@H]1O[Si](C)(C)C(C)(C)C. The van der Waals surface area contributed by atoms with Crippen LogP contribution in [-0.2, 0) is 13.6 Å². The number of rotatable bonds is 9. The third-order valence-electron chi connectivity index (χ3n) is 13.0. The van der Waals surface area contributed by atoms with Gasteiger partial charge in [0.1, 0.15) is 0 Å². The van der Waals surface area contributed by atoms with Crippen LogP contribution < -0.4 is 0 Å². The highest BCUT2D eigenvalue weighted by Gasteiger charge is 2.50. The highest BCUT2D eigenvalue weighted by atomic mass is 28.4. The van der Waals surface area contributed by atoms with Crippen LogP contribution in [0.2, 0.25) is 36.3 Å². The van der Waals surface area contributed by atoms with E-state index in [0.29, 0.717) is 34.9 Å².